The maximum Gasteiger partial charge on any atom is -0.0134 e. The number of nitrogen functional groups attached to an aromatic ring is 1. The van der Waals surface area contributed by atoms with Gasteiger partial charge in [0.15, 0.2) is 34.6 Å². The summed E-state index contributed by atoms with van der Waals surface area (Å²) in [5.41, 5.74) is 17.3. The van der Waals surface area contributed by atoms with Gasteiger partial charge in [0.05, 0.1) is 85.4 Å². The summed E-state index contributed by atoms with van der Waals surface area (Å²) >= 11 is 13.3. The van der Waals surface area contributed by atoms with Gasteiger partial charge in [0, 0.05) is 149 Å². The number of halogens is 3. The topological polar surface area (TPSA) is 299 Å². The molecule has 0 atom stereocenters. The van der Waals surface area contributed by atoms with Crippen molar-refractivity contribution in [1.82, 2.24) is 59.2 Å². The molecule has 0 radical (unpaired) electrons. The zero-order valence-electron chi connectivity index (χ0n) is 82.8. The molecule has 8 heterocycles. The molecule has 1 aliphatic heterocycles. The summed E-state index contributed by atoms with van der Waals surface area (Å²) in [6.07, 6.45) is 17.0. The number of aromatic amines is 3. The Labute approximate surface area is 883 Å². The Morgan fingerprint density at radius 3 is 1.31 bits per heavy atom. The first kappa shape index (κ1) is 111. The van der Waals surface area contributed by atoms with E-state index in [0.717, 1.165) is 96.3 Å². The van der Waals surface area contributed by atoms with Crippen LogP contribution in [0.3, 0.4) is 0 Å². The molecule has 0 unspecified atom stereocenters. The Bertz CT molecular complexity index is 7160. The quantitative estimate of drug-likeness (QED) is 0.00798. The number of H-pyrrole nitrogens is 3. The number of hydrogen-bond acceptors (Lipinski definition) is 18. The van der Waals surface area contributed by atoms with Crippen molar-refractivity contribution >= 4 is 197 Å². The number of nitrogens with two attached hydrogens (primary N) is 1. The first-order valence-electron chi connectivity index (χ1n) is 46.7. The van der Waals surface area contributed by atoms with E-state index in [2.05, 4.69) is 280 Å². The third-order valence-corrected chi connectivity index (χ3v) is 29.5. The first-order chi connectivity index (χ1) is 70.1. The number of methoxy groups -OCH3 is 4. The predicted octanol–water partition coefficient (Wildman–Crippen LogP) is 23.6. The third kappa shape index (κ3) is 30.3. The number of ether oxygens (including phenoxy) is 4. The van der Waals surface area contributed by atoms with Gasteiger partial charge in [-0.1, -0.05) is 237 Å². The van der Waals surface area contributed by atoms with E-state index in [4.69, 9.17) is 70.5 Å². The number of ketones is 2. The Morgan fingerprint density at radius 1 is 0.517 bits per heavy atom. The summed E-state index contributed by atoms with van der Waals surface area (Å²) in [6, 6.07) is 97.2. The summed E-state index contributed by atoms with van der Waals surface area (Å²) in [5, 5.41) is 38.7. The SMILES string of the molecule is CCCCCC(=O)c1cc2cc(Br)ccc2[nH]1.CCCNC(=O)c1cc2cc(-c3cnn(C)c3)ccc2[nH]1.COc1cc(C#N)c(N=C=S)cc1OC.COc1cc2nc(=S)n(CCCC(=O)c3cc4cc(-c5cnn(C)c5)ccc4[nH]3)c(N)c2cc1OC.Cn1cc(B2OC(C)(C)C(C)(C)O2)cn1.[Cl][Pd][Cl].c1ccc(P(c2ccccc2)c2ccccc2)cc1.c1ccc(P(c2ccccc2)c2ccccc2)cc1. The van der Waals surface area contributed by atoms with Gasteiger partial charge >= 0.3 is 42.1 Å². The molecular weight excluding hydrogens is 2090 g/mol. The molecule has 1 amide bonds. The number of aromatic nitrogens is 11. The van der Waals surface area contributed by atoms with Crippen molar-refractivity contribution in [2.45, 2.75) is 104 Å². The number of unbranched alkanes of at least 4 members (excludes halogenated alkanes) is 2. The number of benzene rings is 11. The molecule has 1 saturated heterocycles. The second-order valence-corrected chi connectivity index (χ2v) is 42.6. The van der Waals surface area contributed by atoms with E-state index < -0.39 is 15.8 Å². The van der Waals surface area contributed by atoms with Gasteiger partial charge in [-0.2, -0.15) is 25.6 Å². The molecule has 0 spiro atoms. The van der Waals surface area contributed by atoms with Crippen molar-refractivity contribution in [2.75, 3.05) is 40.7 Å². The molecule has 0 bridgehead atoms. The smallest absolute Gasteiger partial charge is 0.0134 e. The second kappa shape index (κ2) is 54.7. The number of nitrogens with zero attached hydrogens (tertiary/aromatic N) is 10. The zero-order valence-corrected chi connectivity index (χ0v) is 90.9. The molecule has 1 aliphatic rings. The number of aliphatic imine (C=N–C) groups is 1. The van der Waals surface area contributed by atoms with Gasteiger partial charge in [0.25, 0.3) is 5.91 Å². The monoisotopic (exact) mass is 2210 g/mol. The van der Waals surface area contributed by atoms with Gasteiger partial charge in [0.2, 0.25) is 4.77 Å². The number of carbonyl (C=O) groups is 3. The fraction of sp³-hybridized carbons (Fsp3) is 0.214. The molecular formula is C112H115BBrCl2N15O9P2PdS2. The van der Waals surface area contributed by atoms with Gasteiger partial charge in [-0.25, -0.2) is 4.98 Å². The van der Waals surface area contributed by atoms with Crippen molar-refractivity contribution in [1.29, 1.82) is 5.26 Å². The standard InChI is InChI=1S/C26H26N6O3S.2C18H15P.C16H18N4O.C14H16BrNO.C10H17BN2O2.C10H8N2O2S.2ClH.Pd/c1-31-14-17(13-28-31)15-6-7-19-16(9-15)10-21(29-19)22(33)5-4-8-32-25(27)18-11-23(34-2)24(35-3)12-20(18)30-26(32)36;2*1-4-10-16(11-5-1)19(17-12-6-2-7-13-17)18-14-8-3-9-15-18;1-3-6-17-16(21)15-8-12-7-11(4-5-14(12)19-15)13-9-18-20(2)10-13;1-2-3-4-5-14(17)13-9-10-8-11(15)6-7-12(10)16-13;1-9(2)10(3,4)15-11(14-9)8-6-12-13(5)7-8;1-13-9-3-7(5-11)8(12-6-15)4-10(9)14-2;;;/h6-7,9-14,29H,4-5,8,27H2,1-3H3;2*1-15H;4-5,7-10,19H,3,6H2,1-2H3,(H,17,21);6-9,16H,2-5H2,1H3;6-7H,1-5H3;3-4H,1-2H3;2*1H;/q;;;;;;;;;+2/p-2. The van der Waals surface area contributed by atoms with Crippen LogP contribution < -0.4 is 67.3 Å². The number of amides is 1. The minimum atomic E-state index is -0.446. The summed E-state index contributed by atoms with van der Waals surface area (Å²) < 4.78 is 41.1. The molecule has 0 aliphatic carbocycles. The van der Waals surface area contributed by atoms with Crippen molar-refractivity contribution in [3.8, 4) is 51.3 Å². The van der Waals surface area contributed by atoms with Crippen LogP contribution in [0.1, 0.15) is 124 Å². The van der Waals surface area contributed by atoms with E-state index in [1.807, 2.05) is 153 Å². The van der Waals surface area contributed by atoms with E-state index in [-0.39, 0.29) is 51.7 Å². The molecule has 1 fully saturated rings. The van der Waals surface area contributed by atoms with Crippen LogP contribution in [-0.4, -0.2) is 130 Å². The molecule has 11 aromatic carbocycles. The minimum absolute atomic E-state index is 0.0272. The van der Waals surface area contributed by atoms with Gasteiger partial charge in [-0.3, -0.25) is 28.4 Å². The van der Waals surface area contributed by atoms with Gasteiger partial charge in [0.1, 0.15) is 17.6 Å². The second-order valence-electron chi connectivity index (χ2n) is 34.3. The number of Topliss-reactive ketones (excluding diaryl/α,β-unsaturated/α-hetero) is 2. The maximum absolute atomic E-state index is 12.9. The number of fused-ring (bicyclic) bond motifs is 4. The molecule has 748 valence electrons. The van der Waals surface area contributed by atoms with Crippen LogP contribution in [-0.2, 0) is 52.9 Å². The molecule has 33 heteroatoms. The number of aryl methyl sites for hydroxylation is 3. The third-order valence-electron chi connectivity index (χ3n) is 23.7. The molecule has 24 nitrogen and oxygen atoms in total. The van der Waals surface area contributed by atoms with Crippen LogP contribution in [0.15, 0.2) is 326 Å². The van der Waals surface area contributed by atoms with Crippen LogP contribution in [0.4, 0.5) is 11.5 Å². The molecule has 6 N–H and O–H groups in total. The van der Waals surface area contributed by atoms with Gasteiger partial charge in [-0.05, 0) is 197 Å². The maximum atomic E-state index is 12.9. The van der Waals surface area contributed by atoms with Crippen LogP contribution in [0.2, 0.25) is 0 Å². The number of nitriles is 1. The number of thiocarbonyl (C=S) groups is 1. The van der Waals surface area contributed by atoms with E-state index in [1.54, 1.807) is 63.3 Å². The molecule has 7 aromatic heterocycles. The van der Waals surface area contributed by atoms with Gasteiger partial charge in [-0.15, -0.1) is 0 Å². The Balaban J connectivity index is 0.000000153. The fourth-order valence-electron chi connectivity index (χ4n) is 15.6. The normalized spacial score (nSPS) is 11.9. The Morgan fingerprint density at radius 2 is 0.910 bits per heavy atom. The molecule has 19 rings (SSSR count). The molecule has 145 heavy (non-hydrogen) atoms. The first-order valence-corrected chi connectivity index (χ1v) is 55.0. The molecule has 0 saturated carbocycles. The number of anilines is 1. The minimum Gasteiger partial charge on any atom is -0.0622 e. The predicted molar refractivity (Wildman–Crippen MR) is 600 cm³/mol. The van der Waals surface area contributed by atoms with Crippen LogP contribution >= 0.6 is 75.3 Å². The van der Waals surface area contributed by atoms with Crippen LogP contribution in [0.5, 0.6) is 23.0 Å². The van der Waals surface area contributed by atoms with Crippen LogP contribution in [0.25, 0.3) is 65.9 Å². The number of rotatable bonds is 27. The van der Waals surface area contributed by atoms with Crippen molar-refractivity contribution in [3.63, 3.8) is 0 Å². The zero-order chi connectivity index (χ0) is 104. The summed E-state index contributed by atoms with van der Waals surface area (Å²) in [5.74, 6) is 2.76. The average Bonchev–Trinajstić information content (AvgIpc) is 1.62. The number of carbonyl (C=O) groups excluding carboxylic acids is 3. The largest absolute Gasteiger partial charge is 0.0622 e. The molecule has 18 aromatic rings. The summed E-state index contributed by atoms with van der Waals surface area (Å²) in [4.78, 5) is 54.7. The summed E-state index contributed by atoms with van der Waals surface area (Å²) in [7, 11) is 20.2. The van der Waals surface area contributed by atoms with E-state index >= 15 is 0 Å². The van der Waals surface area contributed by atoms with Gasteiger partial charge < -0.3 is 58.8 Å². The fourth-order valence-corrected chi connectivity index (χ4v) is 21.0. The van der Waals surface area contributed by atoms with E-state index in [0.29, 0.717) is 99.5 Å². The Kier molecular flexibility index (Phi) is 41.8. The van der Waals surface area contributed by atoms with Crippen molar-refractivity contribution < 1.29 is 58.6 Å². The van der Waals surface area contributed by atoms with Crippen molar-refractivity contribution in [2.24, 2.45) is 26.1 Å². The summed E-state index contributed by atoms with van der Waals surface area (Å²) in [6.45, 7) is 13.5. The number of hydrogen-bond donors (Lipinski definition) is 5. The number of isothiocyanates is 1. The van der Waals surface area contributed by atoms with Crippen LogP contribution in [0, 0.1) is 16.1 Å². The average molecular weight is 2210 g/mol. The van der Waals surface area contributed by atoms with E-state index in [1.165, 1.54) is 46.0 Å². The Hall–Kier alpha value is -13.1. The van der Waals surface area contributed by atoms with Crippen molar-refractivity contribution in [3.05, 3.63) is 348 Å². The number of nitrogens with one attached hydrogen (secondary N) is 4. The van der Waals surface area contributed by atoms with E-state index in [9.17, 15) is 14.4 Å².